The van der Waals surface area contributed by atoms with E-state index < -0.39 is 0 Å². The van der Waals surface area contributed by atoms with Gasteiger partial charge in [-0.2, -0.15) is 0 Å². The lowest BCUT2D eigenvalue weighted by atomic mass is 9.97. The summed E-state index contributed by atoms with van der Waals surface area (Å²) in [5.41, 5.74) is 1.38. The van der Waals surface area contributed by atoms with Gasteiger partial charge in [0.1, 0.15) is 5.82 Å². The second-order valence-electron chi connectivity index (χ2n) is 4.18. The number of halogens is 1. The Morgan fingerprint density at radius 1 is 1.53 bits per heavy atom. The van der Waals surface area contributed by atoms with Gasteiger partial charge in [0.2, 0.25) is 0 Å². The molecule has 3 heterocycles. The van der Waals surface area contributed by atoms with E-state index in [2.05, 4.69) is 31.1 Å². The second-order valence-corrected chi connectivity index (χ2v) is 5.04. The first kappa shape index (κ1) is 9.60. The van der Waals surface area contributed by atoms with Crippen LogP contribution in [-0.2, 0) is 6.42 Å². The van der Waals surface area contributed by atoms with Crippen molar-refractivity contribution >= 4 is 21.7 Å². The van der Waals surface area contributed by atoms with E-state index in [1.54, 1.807) is 0 Å². The number of anilines is 1. The molecule has 1 aromatic heterocycles. The van der Waals surface area contributed by atoms with Crippen molar-refractivity contribution in [1.82, 2.24) is 10.3 Å². The summed E-state index contributed by atoms with van der Waals surface area (Å²) in [7, 11) is 0. The minimum absolute atomic E-state index is 0.646. The van der Waals surface area contributed by atoms with E-state index in [1.165, 1.54) is 22.3 Å². The maximum Gasteiger partial charge on any atom is 0.133 e. The summed E-state index contributed by atoms with van der Waals surface area (Å²) in [6, 6.07) is 2.69. The molecule has 4 heteroatoms. The molecule has 2 aliphatic rings. The Kier molecular flexibility index (Phi) is 2.41. The molecule has 0 aromatic carbocycles. The predicted octanol–water partition coefficient (Wildman–Crippen LogP) is 1.57. The molecule has 80 valence electrons. The first-order valence-electron chi connectivity index (χ1n) is 5.47. The van der Waals surface area contributed by atoms with E-state index in [9.17, 15) is 0 Å². The Morgan fingerprint density at radius 2 is 2.47 bits per heavy atom. The van der Waals surface area contributed by atoms with Crippen molar-refractivity contribution in [3.05, 3.63) is 22.3 Å². The number of rotatable bonds is 0. The maximum atomic E-state index is 4.53. The average molecular weight is 268 g/mol. The lowest BCUT2D eigenvalue weighted by molar-refractivity contribution is 0.435. The smallest absolute Gasteiger partial charge is 0.133 e. The summed E-state index contributed by atoms with van der Waals surface area (Å²) in [6.07, 6.45) is 4.28. The fourth-order valence-electron chi connectivity index (χ4n) is 2.55. The molecule has 0 aliphatic carbocycles. The van der Waals surface area contributed by atoms with Gasteiger partial charge in [-0.25, -0.2) is 4.98 Å². The molecule has 0 unspecified atom stereocenters. The standard InChI is InChI=1S/C11H14BrN3/c12-10-3-4-14-11-9(10)2-1-8-7-13-5-6-15(8)11/h3-4,8,13H,1-2,5-7H2/t8-/m1/s1. The highest BCUT2D eigenvalue weighted by molar-refractivity contribution is 9.10. The Labute approximate surface area is 98.0 Å². The van der Waals surface area contributed by atoms with E-state index in [0.29, 0.717) is 6.04 Å². The predicted molar refractivity (Wildman–Crippen MR) is 64.3 cm³/mol. The zero-order valence-corrected chi connectivity index (χ0v) is 10.1. The normalized spacial score (nSPS) is 24.6. The molecular weight excluding hydrogens is 254 g/mol. The van der Waals surface area contributed by atoms with Crippen LogP contribution in [0.3, 0.4) is 0 Å². The fraction of sp³-hybridized carbons (Fsp3) is 0.545. The number of fused-ring (bicyclic) bond motifs is 3. The molecule has 0 spiro atoms. The van der Waals surface area contributed by atoms with E-state index in [-0.39, 0.29) is 0 Å². The molecule has 1 atom stereocenters. The highest BCUT2D eigenvalue weighted by Gasteiger charge is 2.29. The molecule has 15 heavy (non-hydrogen) atoms. The van der Waals surface area contributed by atoms with Gasteiger partial charge >= 0.3 is 0 Å². The number of hydrogen-bond donors (Lipinski definition) is 1. The van der Waals surface area contributed by atoms with E-state index in [1.807, 2.05) is 12.3 Å². The maximum absolute atomic E-state index is 4.53. The van der Waals surface area contributed by atoms with Crippen LogP contribution in [0.4, 0.5) is 5.82 Å². The van der Waals surface area contributed by atoms with Crippen LogP contribution in [-0.4, -0.2) is 30.7 Å². The Hall–Kier alpha value is -0.610. The van der Waals surface area contributed by atoms with E-state index in [0.717, 1.165) is 26.1 Å². The third-order valence-corrected chi connectivity index (χ3v) is 4.07. The summed E-state index contributed by atoms with van der Waals surface area (Å²) < 4.78 is 1.21. The van der Waals surface area contributed by atoms with Crippen LogP contribution < -0.4 is 10.2 Å². The van der Waals surface area contributed by atoms with Gasteiger partial charge in [-0.3, -0.25) is 0 Å². The molecule has 2 aliphatic heterocycles. The third kappa shape index (κ3) is 1.56. The summed E-state index contributed by atoms with van der Waals surface area (Å²) >= 11 is 3.62. The highest BCUT2D eigenvalue weighted by atomic mass is 79.9. The van der Waals surface area contributed by atoms with E-state index in [4.69, 9.17) is 0 Å². The largest absolute Gasteiger partial charge is 0.351 e. The Balaban J connectivity index is 2.03. The number of nitrogens with zero attached hydrogens (tertiary/aromatic N) is 2. The monoisotopic (exact) mass is 267 g/mol. The van der Waals surface area contributed by atoms with Gasteiger partial charge in [-0.1, -0.05) is 15.9 Å². The first-order chi connectivity index (χ1) is 7.36. The van der Waals surface area contributed by atoms with Crippen molar-refractivity contribution in [2.24, 2.45) is 0 Å². The Morgan fingerprint density at radius 3 is 3.40 bits per heavy atom. The van der Waals surface area contributed by atoms with Gasteiger partial charge in [0.25, 0.3) is 0 Å². The third-order valence-electron chi connectivity index (χ3n) is 3.33. The Bertz CT molecular complexity index is 380. The van der Waals surface area contributed by atoms with Crippen LogP contribution in [0.15, 0.2) is 16.7 Å². The molecule has 0 saturated carbocycles. The SMILES string of the molecule is Brc1ccnc2c1CC[C@@H]1CNCCN21. The molecule has 0 amide bonds. The number of pyridine rings is 1. The topological polar surface area (TPSA) is 28.2 Å². The number of nitrogens with one attached hydrogen (secondary N) is 1. The second kappa shape index (κ2) is 3.76. The highest BCUT2D eigenvalue weighted by Crippen LogP contribution is 2.33. The molecule has 3 nitrogen and oxygen atoms in total. The lowest BCUT2D eigenvalue weighted by Crippen LogP contribution is -2.53. The van der Waals surface area contributed by atoms with Gasteiger partial charge < -0.3 is 10.2 Å². The van der Waals surface area contributed by atoms with Crippen molar-refractivity contribution in [3.8, 4) is 0 Å². The summed E-state index contributed by atoms with van der Waals surface area (Å²) in [5, 5.41) is 3.45. The fourth-order valence-corrected chi connectivity index (χ4v) is 3.04. The molecule has 1 N–H and O–H groups in total. The molecule has 0 radical (unpaired) electrons. The van der Waals surface area contributed by atoms with Gasteiger partial charge in [0.15, 0.2) is 0 Å². The zero-order valence-electron chi connectivity index (χ0n) is 8.54. The number of piperazine rings is 1. The minimum Gasteiger partial charge on any atom is -0.351 e. The molecule has 0 bridgehead atoms. The molecule has 1 fully saturated rings. The van der Waals surface area contributed by atoms with Gasteiger partial charge in [-0.15, -0.1) is 0 Å². The van der Waals surface area contributed by atoms with E-state index >= 15 is 0 Å². The summed E-state index contributed by atoms with van der Waals surface area (Å²) in [4.78, 5) is 6.99. The van der Waals surface area contributed by atoms with Crippen molar-refractivity contribution < 1.29 is 0 Å². The molecule has 3 rings (SSSR count). The van der Waals surface area contributed by atoms with Gasteiger partial charge in [0.05, 0.1) is 0 Å². The zero-order chi connectivity index (χ0) is 10.3. The summed E-state index contributed by atoms with van der Waals surface area (Å²) in [5.74, 6) is 1.20. The van der Waals surface area contributed by atoms with Gasteiger partial charge in [0, 0.05) is 41.9 Å². The van der Waals surface area contributed by atoms with Crippen molar-refractivity contribution in [1.29, 1.82) is 0 Å². The van der Waals surface area contributed by atoms with Crippen LogP contribution >= 0.6 is 15.9 Å². The quantitative estimate of drug-likeness (QED) is 0.774. The van der Waals surface area contributed by atoms with Crippen molar-refractivity contribution in [3.63, 3.8) is 0 Å². The number of hydrogen-bond acceptors (Lipinski definition) is 3. The average Bonchev–Trinajstić information content (AvgIpc) is 2.29. The lowest BCUT2D eigenvalue weighted by Gasteiger charge is -2.41. The first-order valence-corrected chi connectivity index (χ1v) is 6.26. The van der Waals surface area contributed by atoms with Crippen LogP contribution in [0.25, 0.3) is 0 Å². The van der Waals surface area contributed by atoms with Crippen molar-refractivity contribution in [2.45, 2.75) is 18.9 Å². The molecular formula is C11H14BrN3. The summed E-state index contributed by atoms with van der Waals surface area (Å²) in [6.45, 7) is 3.26. The van der Waals surface area contributed by atoms with Crippen LogP contribution in [0, 0.1) is 0 Å². The van der Waals surface area contributed by atoms with Crippen LogP contribution in [0.1, 0.15) is 12.0 Å². The minimum atomic E-state index is 0.646. The van der Waals surface area contributed by atoms with Crippen LogP contribution in [0.5, 0.6) is 0 Å². The van der Waals surface area contributed by atoms with Gasteiger partial charge in [-0.05, 0) is 18.9 Å². The molecule has 1 saturated heterocycles. The van der Waals surface area contributed by atoms with Crippen molar-refractivity contribution in [2.75, 3.05) is 24.5 Å². The number of aromatic nitrogens is 1. The molecule has 1 aromatic rings. The van der Waals surface area contributed by atoms with Crippen LogP contribution in [0.2, 0.25) is 0 Å².